The summed E-state index contributed by atoms with van der Waals surface area (Å²) in [5, 5.41) is 2.25. The summed E-state index contributed by atoms with van der Waals surface area (Å²) in [5.41, 5.74) is 6.75. The minimum atomic E-state index is -0.654. The third-order valence-corrected chi connectivity index (χ3v) is 3.89. The van der Waals surface area contributed by atoms with Crippen LogP contribution >= 0.6 is 15.9 Å². The molecule has 1 unspecified atom stereocenters. The zero-order valence-electron chi connectivity index (χ0n) is 10.2. The zero-order chi connectivity index (χ0) is 14.4. The number of nitrogens with two attached hydrogens (primary N) is 1. The van der Waals surface area contributed by atoms with Gasteiger partial charge in [0.2, 0.25) is 17.8 Å². The standard InChI is InChI=1S/C12H10BrFN4O2/c13-5-3-7-9(4-6(5)14)18(12(15)16-7)8-1-2-10(19)17-11(8)20/h3-4,8H,1-2H2,(H2,15,16)(H,17,19,20). The lowest BCUT2D eigenvalue weighted by Crippen LogP contribution is -2.41. The number of fused-ring (bicyclic) bond motifs is 1. The second-order valence-electron chi connectivity index (χ2n) is 4.56. The third kappa shape index (κ3) is 1.96. The largest absolute Gasteiger partial charge is 0.369 e. The second kappa shape index (κ2) is 4.55. The van der Waals surface area contributed by atoms with E-state index >= 15 is 0 Å². The number of halogens is 2. The summed E-state index contributed by atoms with van der Waals surface area (Å²) in [4.78, 5) is 27.2. The Balaban J connectivity index is 2.16. The van der Waals surface area contributed by atoms with Gasteiger partial charge >= 0.3 is 0 Å². The van der Waals surface area contributed by atoms with Gasteiger partial charge < -0.3 is 5.73 Å². The molecule has 2 aromatic rings. The molecule has 1 aromatic heterocycles. The number of nitrogens with zero attached hydrogens (tertiary/aromatic N) is 2. The topological polar surface area (TPSA) is 90.0 Å². The van der Waals surface area contributed by atoms with E-state index in [0.717, 1.165) is 0 Å². The van der Waals surface area contributed by atoms with Gasteiger partial charge in [-0.15, -0.1) is 0 Å². The number of aromatic nitrogens is 2. The van der Waals surface area contributed by atoms with Gasteiger partial charge in [0.15, 0.2) is 0 Å². The summed E-state index contributed by atoms with van der Waals surface area (Å²) in [6, 6.07) is 2.12. The quantitative estimate of drug-likeness (QED) is 0.769. The predicted molar refractivity (Wildman–Crippen MR) is 73.2 cm³/mol. The number of anilines is 1. The average molecular weight is 341 g/mol. The number of carbonyl (C=O) groups is 2. The SMILES string of the molecule is Nc1nc2cc(Br)c(F)cc2n1C1CCC(=O)NC1=O. The molecule has 0 radical (unpaired) electrons. The summed E-state index contributed by atoms with van der Waals surface area (Å²) < 4.78 is 15.4. The first kappa shape index (κ1) is 13.0. The first-order valence-electron chi connectivity index (χ1n) is 5.93. The van der Waals surface area contributed by atoms with Crippen molar-refractivity contribution in [3.8, 4) is 0 Å². The van der Waals surface area contributed by atoms with Crippen LogP contribution in [-0.4, -0.2) is 21.4 Å². The minimum absolute atomic E-state index is 0.118. The van der Waals surface area contributed by atoms with Crippen molar-refractivity contribution < 1.29 is 14.0 Å². The number of imidazole rings is 1. The fourth-order valence-corrected chi connectivity index (χ4v) is 2.70. The summed E-state index contributed by atoms with van der Waals surface area (Å²) in [7, 11) is 0. The first-order valence-corrected chi connectivity index (χ1v) is 6.73. The molecule has 1 saturated heterocycles. The van der Waals surface area contributed by atoms with Crippen LogP contribution in [0.1, 0.15) is 18.9 Å². The minimum Gasteiger partial charge on any atom is -0.369 e. The summed E-state index contributed by atoms with van der Waals surface area (Å²) in [6.07, 6.45) is 0.534. The molecule has 0 saturated carbocycles. The van der Waals surface area contributed by atoms with E-state index in [1.165, 1.54) is 16.7 Å². The van der Waals surface area contributed by atoms with E-state index in [4.69, 9.17) is 5.73 Å². The Hall–Kier alpha value is -1.96. The number of nitrogen functional groups attached to an aromatic ring is 1. The molecule has 3 rings (SSSR count). The second-order valence-corrected chi connectivity index (χ2v) is 5.42. The van der Waals surface area contributed by atoms with Crippen LogP contribution in [-0.2, 0) is 9.59 Å². The monoisotopic (exact) mass is 340 g/mol. The Morgan fingerprint density at radius 2 is 2.20 bits per heavy atom. The molecule has 2 amide bonds. The molecule has 1 atom stereocenters. The zero-order valence-corrected chi connectivity index (χ0v) is 11.8. The van der Waals surface area contributed by atoms with E-state index in [1.807, 2.05) is 0 Å². The Bertz CT molecular complexity index is 743. The Morgan fingerprint density at radius 1 is 1.45 bits per heavy atom. The normalized spacial score (nSPS) is 19.4. The van der Waals surface area contributed by atoms with Crippen molar-refractivity contribution in [3.63, 3.8) is 0 Å². The molecule has 6 nitrogen and oxygen atoms in total. The number of carbonyl (C=O) groups excluding carboxylic acids is 2. The van der Waals surface area contributed by atoms with Gasteiger partial charge in [0.1, 0.15) is 11.9 Å². The lowest BCUT2D eigenvalue weighted by Gasteiger charge is -2.23. The van der Waals surface area contributed by atoms with Crippen LogP contribution in [0, 0.1) is 5.82 Å². The van der Waals surface area contributed by atoms with Crippen molar-refractivity contribution in [2.75, 3.05) is 5.73 Å². The number of piperidine rings is 1. The molecule has 8 heteroatoms. The van der Waals surface area contributed by atoms with Crippen molar-refractivity contribution in [3.05, 3.63) is 22.4 Å². The number of hydrogen-bond donors (Lipinski definition) is 2. The number of nitrogens with one attached hydrogen (secondary N) is 1. The van der Waals surface area contributed by atoms with Crippen LogP contribution in [0.4, 0.5) is 10.3 Å². The maximum Gasteiger partial charge on any atom is 0.249 e. The van der Waals surface area contributed by atoms with Gasteiger partial charge in [0.25, 0.3) is 0 Å². The molecule has 104 valence electrons. The van der Waals surface area contributed by atoms with E-state index in [9.17, 15) is 14.0 Å². The smallest absolute Gasteiger partial charge is 0.249 e. The van der Waals surface area contributed by atoms with Gasteiger partial charge in [-0.3, -0.25) is 19.5 Å². The molecule has 3 N–H and O–H groups in total. The van der Waals surface area contributed by atoms with Crippen LogP contribution in [0.5, 0.6) is 0 Å². The van der Waals surface area contributed by atoms with Crippen molar-refractivity contribution in [2.24, 2.45) is 0 Å². The molecule has 1 aromatic carbocycles. The van der Waals surface area contributed by atoms with Gasteiger partial charge in [-0.25, -0.2) is 9.37 Å². The van der Waals surface area contributed by atoms with Crippen LogP contribution < -0.4 is 11.1 Å². The first-order chi connectivity index (χ1) is 9.47. The lowest BCUT2D eigenvalue weighted by atomic mass is 10.1. The number of amides is 2. The molecule has 0 aliphatic carbocycles. The molecule has 1 aliphatic heterocycles. The van der Waals surface area contributed by atoms with Crippen molar-refractivity contribution in [1.29, 1.82) is 0 Å². The number of rotatable bonds is 1. The predicted octanol–water partition coefficient (Wildman–Crippen LogP) is 1.50. The molecular formula is C12H10BrFN4O2. The van der Waals surface area contributed by atoms with E-state index in [0.29, 0.717) is 17.5 Å². The lowest BCUT2D eigenvalue weighted by molar-refractivity contribution is -0.135. The van der Waals surface area contributed by atoms with E-state index < -0.39 is 17.8 Å². The number of benzene rings is 1. The van der Waals surface area contributed by atoms with Crippen LogP contribution in [0.15, 0.2) is 16.6 Å². The summed E-state index contributed by atoms with van der Waals surface area (Å²) in [5.74, 6) is -1.11. The van der Waals surface area contributed by atoms with Gasteiger partial charge in [-0.1, -0.05) is 0 Å². The highest BCUT2D eigenvalue weighted by Crippen LogP contribution is 2.30. The molecule has 1 fully saturated rings. The highest BCUT2D eigenvalue weighted by Gasteiger charge is 2.30. The highest BCUT2D eigenvalue weighted by molar-refractivity contribution is 9.10. The van der Waals surface area contributed by atoms with E-state index in [1.54, 1.807) is 0 Å². The Kier molecular flexibility index (Phi) is 2.97. The third-order valence-electron chi connectivity index (χ3n) is 3.28. The molecule has 20 heavy (non-hydrogen) atoms. The molecule has 1 aliphatic rings. The summed E-state index contributed by atoms with van der Waals surface area (Å²) in [6.45, 7) is 0. The molecular weight excluding hydrogens is 331 g/mol. The summed E-state index contributed by atoms with van der Waals surface area (Å²) >= 11 is 3.08. The number of imide groups is 1. The molecule has 2 heterocycles. The van der Waals surface area contributed by atoms with E-state index in [-0.39, 0.29) is 22.7 Å². The van der Waals surface area contributed by atoms with Crippen LogP contribution in [0.3, 0.4) is 0 Å². The Labute approximate surface area is 121 Å². The Morgan fingerprint density at radius 3 is 2.90 bits per heavy atom. The molecule has 0 bridgehead atoms. The van der Waals surface area contributed by atoms with Gasteiger partial charge in [0.05, 0.1) is 15.5 Å². The fourth-order valence-electron chi connectivity index (χ4n) is 2.37. The maximum atomic E-state index is 13.7. The van der Waals surface area contributed by atoms with Gasteiger partial charge in [-0.2, -0.15) is 0 Å². The van der Waals surface area contributed by atoms with Crippen LogP contribution in [0.25, 0.3) is 11.0 Å². The van der Waals surface area contributed by atoms with Crippen molar-refractivity contribution >= 4 is 44.7 Å². The van der Waals surface area contributed by atoms with Gasteiger partial charge in [0, 0.05) is 12.5 Å². The maximum absolute atomic E-state index is 13.7. The fraction of sp³-hybridized carbons (Fsp3) is 0.250. The van der Waals surface area contributed by atoms with Crippen molar-refractivity contribution in [1.82, 2.24) is 14.9 Å². The van der Waals surface area contributed by atoms with Crippen molar-refractivity contribution in [2.45, 2.75) is 18.9 Å². The number of hydrogen-bond acceptors (Lipinski definition) is 4. The molecule has 0 spiro atoms. The van der Waals surface area contributed by atoms with Crippen LogP contribution in [0.2, 0.25) is 0 Å². The highest BCUT2D eigenvalue weighted by atomic mass is 79.9. The van der Waals surface area contributed by atoms with E-state index in [2.05, 4.69) is 26.2 Å². The average Bonchev–Trinajstić information content (AvgIpc) is 2.66. The van der Waals surface area contributed by atoms with Gasteiger partial charge in [-0.05, 0) is 28.4 Å².